The molecule has 0 radical (unpaired) electrons. The molecule has 1 aliphatic carbocycles. The SMILES string of the molecule is CC.CC.CC(=O)NC1=C(C)CCC2=C(S1)c1c(ccc(C)c1C)CC2.NC=O. The van der Waals surface area contributed by atoms with Crippen LogP contribution in [0.1, 0.15) is 83.1 Å². The summed E-state index contributed by atoms with van der Waals surface area (Å²) in [6, 6.07) is 4.51. The third kappa shape index (κ3) is 7.39. The number of rotatable bonds is 1. The summed E-state index contributed by atoms with van der Waals surface area (Å²) < 4.78 is 0. The standard InChI is InChI=1S/C19H23NOS.2C2H6.CH3NO/c1-11-5-7-15-9-10-16-8-6-12(2)19(20-14(4)21)22-18(16)17(15)13(11)3;2*1-2;2-1-3/h5,7H,6,8-10H2,1-4H3,(H,20,21);2*1-2H3;1H,(H2,2,3). The summed E-state index contributed by atoms with van der Waals surface area (Å²) in [7, 11) is 0. The number of benzene rings is 1. The first-order chi connectivity index (χ1) is 13.9. The molecule has 0 fully saturated rings. The average Bonchev–Trinajstić information content (AvgIpc) is 2.87. The van der Waals surface area contributed by atoms with Crippen molar-refractivity contribution in [3.8, 4) is 0 Å². The number of fused-ring (bicyclic) bond motifs is 2. The smallest absolute Gasteiger partial charge is 0.221 e. The van der Waals surface area contributed by atoms with E-state index < -0.39 is 0 Å². The first-order valence-corrected chi connectivity index (χ1v) is 11.3. The van der Waals surface area contributed by atoms with Crippen LogP contribution in [-0.2, 0) is 16.0 Å². The van der Waals surface area contributed by atoms with E-state index in [4.69, 9.17) is 4.79 Å². The van der Waals surface area contributed by atoms with E-state index in [9.17, 15) is 4.79 Å². The lowest BCUT2D eigenvalue weighted by atomic mass is 9.85. The maximum absolute atomic E-state index is 11.5. The van der Waals surface area contributed by atoms with Crippen molar-refractivity contribution in [2.45, 2.75) is 81.1 Å². The van der Waals surface area contributed by atoms with Crippen LogP contribution in [-0.4, -0.2) is 12.3 Å². The van der Waals surface area contributed by atoms with Gasteiger partial charge in [0.05, 0.1) is 5.03 Å². The number of hydrogen-bond acceptors (Lipinski definition) is 3. The van der Waals surface area contributed by atoms with E-state index >= 15 is 0 Å². The zero-order valence-corrected chi connectivity index (χ0v) is 20.2. The molecule has 1 aliphatic heterocycles. The lowest BCUT2D eigenvalue weighted by Crippen LogP contribution is -2.18. The Labute approximate surface area is 181 Å². The molecule has 2 amide bonds. The van der Waals surface area contributed by atoms with Gasteiger partial charge >= 0.3 is 0 Å². The number of nitrogens with one attached hydrogen (secondary N) is 1. The van der Waals surface area contributed by atoms with Gasteiger partial charge in [-0.3, -0.25) is 9.59 Å². The molecule has 162 valence electrons. The fraction of sp³-hybridized carbons (Fsp3) is 0.500. The molecular weight excluding hydrogens is 380 g/mol. The minimum Gasteiger partial charge on any atom is -0.372 e. The molecule has 1 aromatic carbocycles. The highest BCUT2D eigenvalue weighted by Gasteiger charge is 2.25. The Kier molecular flexibility index (Phi) is 13.1. The number of carbonyl (C=O) groups excluding carboxylic acids is 2. The quantitative estimate of drug-likeness (QED) is 0.549. The molecule has 0 bridgehead atoms. The zero-order chi connectivity index (χ0) is 22.6. The van der Waals surface area contributed by atoms with Gasteiger partial charge < -0.3 is 11.1 Å². The molecule has 0 saturated carbocycles. The van der Waals surface area contributed by atoms with E-state index in [1.165, 1.54) is 32.7 Å². The van der Waals surface area contributed by atoms with Gasteiger partial charge in [0, 0.05) is 11.8 Å². The Hall–Kier alpha value is -2.01. The van der Waals surface area contributed by atoms with Crippen molar-refractivity contribution in [2.24, 2.45) is 5.73 Å². The Morgan fingerprint density at radius 3 is 2.14 bits per heavy atom. The monoisotopic (exact) mass is 418 g/mol. The van der Waals surface area contributed by atoms with Gasteiger partial charge in [0.25, 0.3) is 0 Å². The number of amides is 2. The highest BCUT2D eigenvalue weighted by atomic mass is 32.2. The summed E-state index contributed by atoms with van der Waals surface area (Å²) in [6.07, 6.45) is 4.70. The van der Waals surface area contributed by atoms with E-state index in [0.29, 0.717) is 0 Å². The largest absolute Gasteiger partial charge is 0.372 e. The minimum atomic E-state index is 0.0166. The minimum absolute atomic E-state index is 0.0166. The molecule has 3 rings (SSSR count). The number of primary amides is 1. The van der Waals surface area contributed by atoms with Gasteiger partial charge in [0.2, 0.25) is 12.3 Å². The summed E-state index contributed by atoms with van der Waals surface area (Å²) >= 11 is 1.77. The molecule has 1 aromatic rings. The van der Waals surface area contributed by atoms with E-state index in [2.05, 4.69) is 44.0 Å². The maximum Gasteiger partial charge on any atom is 0.221 e. The van der Waals surface area contributed by atoms with E-state index in [1.807, 2.05) is 27.7 Å². The molecule has 0 saturated heterocycles. The Morgan fingerprint density at radius 1 is 1.03 bits per heavy atom. The van der Waals surface area contributed by atoms with Crippen molar-refractivity contribution in [1.82, 2.24) is 5.32 Å². The van der Waals surface area contributed by atoms with Gasteiger partial charge in [-0.05, 0) is 74.3 Å². The van der Waals surface area contributed by atoms with Crippen LogP contribution in [0, 0.1) is 13.8 Å². The number of carbonyl (C=O) groups is 2. The molecule has 0 unspecified atom stereocenters. The second kappa shape index (κ2) is 14.0. The first kappa shape index (κ1) is 27.0. The number of aryl methyl sites for hydroxylation is 2. The molecule has 0 aromatic heterocycles. The predicted octanol–water partition coefficient (Wildman–Crippen LogP) is 6.01. The summed E-state index contributed by atoms with van der Waals surface area (Å²) in [5.74, 6) is 0.0166. The Bertz CT molecular complexity index is 764. The highest BCUT2D eigenvalue weighted by Crippen LogP contribution is 2.47. The van der Waals surface area contributed by atoms with Gasteiger partial charge in [-0.25, -0.2) is 0 Å². The Balaban J connectivity index is 0.00000100. The number of hydrogen-bond donors (Lipinski definition) is 2. The Morgan fingerprint density at radius 2 is 1.59 bits per heavy atom. The summed E-state index contributed by atoms with van der Waals surface area (Å²) in [5.41, 5.74) is 12.6. The van der Waals surface area contributed by atoms with Crippen LogP contribution in [0.3, 0.4) is 0 Å². The molecule has 3 N–H and O–H groups in total. The van der Waals surface area contributed by atoms with Crippen LogP contribution in [0.5, 0.6) is 0 Å². The van der Waals surface area contributed by atoms with E-state index in [-0.39, 0.29) is 12.3 Å². The molecule has 5 heteroatoms. The van der Waals surface area contributed by atoms with Crippen LogP contribution >= 0.6 is 11.8 Å². The van der Waals surface area contributed by atoms with Crippen molar-refractivity contribution < 1.29 is 9.59 Å². The fourth-order valence-corrected chi connectivity index (χ4v) is 4.68. The van der Waals surface area contributed by atoms with Crippen LogP contribution in [0.25, 0.3) is 4.91 Å². The van der Waals surface area contributed by atoms with E-state index in [0.717, 1.165) is 30.7 Å². The topological polar surface area (TPSA) is 72.2 Å². The molecule has 1 heterocycles. The number of thioether (sulfide) groups is 1. The lowest BCUT2D eigenvalue weighted by Gasteiger charge is -2.25. The third-order valence-electron chi connectivity index (χ3n) is 4.75. The summed E-state index contributed by atoms with van der Waals surface area (Å²) in [4.78, 5) is 21.5. The van der Waals surface area contributed by atoms with Crippen molar-refractivity contribution in [1.29, 1.82) is 0 Å². The second-order valence-corrected chi connectivity index (χ2v) is 7.52. The highest BCUT2D eigenvalue weighted by molar-refractivity contribution is 8.11. The van der Waals surface area contributed by atoms with Crippen LogP contribution in [0.2, 0.25) is 0 Å². The van der Waals surface area contributed by atoms with Crippen LogP contribution < -0.4 is 11.1 Å². The number of nitrogens with two attached hydrogens (primary N) is 1. The van der Waals surface area contributed by atoms with Gasteiger partial charge in [-0.15, -0.1) is 0 Å². The first-order valence-electron chi connectivity index (χ1n) is 10.5. The summed E-state index contributed by atoms with van der Waals surface area (Å²) in [6.45, 7) is 16.1. The van der Waals surface area contributed by atoms with Crippen molar-refractivity contribution in [3.63, 3.8) is 0 Å². The normalized spacial score (nSPS) is 14.3. The van der Waals surface area contributed by atoms with Gasteiger partial charge in [-0.1, -0.05) is 57.2 Å². The number of allylic oxidation sites excluding steroid dienone is 2. The average molecular weight is 419 g/mol. The van der Waals surface area contributed by atoms with Crippen molar-refractivity contribution in [2.75, 3.05) is 0 Å². The molecule has 29 heavy (non-hydrogen) atoms. The molecule has 0 spiro atoms. The van der Waals surface area contributed by atoms with Gasteiger partial charge in [-0.2, -0.15) is 0 Å². The van der Waals surface area contributed by atoms with Gasteiger partial charge in [0.1, 0.15) is 0 Å². The lowest BCUT2D eigenvalue weighted by molar-refractivity contribution is -0.118. The van der Waals surface area contributed by atoms with Crippen LogP contribution in [0.15, 0.2) is 28.3 Å². The zero-order valence-electron chi connectivity index (χ0n) is 19.4. The van der Waals surface area contributed by atoms with E-state index in [1.54, 1.807) is 24.3 Å². The molecule has 0 atom stereocenters. The second-order valence-electron chi connectivity index (χ2n) is 6.50. The molecule has 2 aliphatic rings. The van der Waals surface area contributed by atoms with Gasteiger partial charge in [0.15, 0.2) is 0 Å². The fourth-order valence-electron chi connectivity index (χ4n) is 3.27. The van der Waals surface area contributed by atoms with Crippen molar-refractivity contribution in [3.05, 3.63) is 50.6 Å². The molecular formula is C24H38N2O2S. The molecule has 4 nitrogen and oxygen atoms in total. The predicted molar refractivity (Wildman–Crippen MR) is 127 cm³/mol. The summed E-state index contributed by atoms with van der Waals surface area (Å²) in [5, 5.41) is 4.07. The third-order valence-corrected chi connectivity index (χ3v) is 6.10. The maximum atomic E-state index is 11.5. The van der Waals surface area contributed by atoms with Crippen molar-refractivity contribution >= 4 is 29.0 Å². The van der Waals surface area contributed by atoms with Crippen LogP contribution in [0.4, 0.5) is 0 Å².